The van der Waals surface area contributed by atoms with Crippen LogP contribution in [0.2, 0.25) is 0 Å². The second kappa shape index (κ2) is 38.9. The van der Waals surface area contributed by atoms with Crippen molar-refractivity contribution in [2.24, 2.45) is 51.0 Å². The Balaban J connectivity index is 1.37. The van der Waals surface area contributed by atoms with Gasteiger partial charge in [-0.1, -0.05) is 79.6 Å². The van der Waals surface area contributed by atoms with E-state index in [-0.39, 0.29) is 88.4 Å². The third-order valence-electron chi connectivity index (χ3n) is 16.0. The van der Waals surface area contributed by atoms with Crippen LogP contribution in [0.4, 0.5) is 6.01 Å². The molecule has 516 valence electrons. The highest BCUT2D eigenvalue weighted by Crippen LogP contribution is 2.25. The van der Waals surface area contributed by atoms with Crippen LogP contribution < -0.4 is 77.4 Å². The molecule has 2 fully saturated rings. The average molecular weight is 1330 g/mol. The van der Waals surface area contributed by atoms with Crippen molar-refractivity contribution < 1.29 is 57.2 Å². The van der Waals surface area contributed by atoms with Crippen molar-refractivity contribution in [3.8, 4) is 0 Å². The number of guanidine groups is 1. The van der Waals surface area contributed by atoms with Gasteiger partial charge < -0.3 is 91.6 Å². The standard InChI is InChI=1S/C62H95N19O12S/c1-36(2)33-44(54(87)71-40(51(67)84)27-32-94-3)77-62-79-78-58(93-62)46(35-38-17-8-5-9-18-38)76-55(88)45(34-37-15-6-4-7-16-37)75-53(86)41(23-25-49(65)82)72-52(85)42(24-26-50(66)83)73-56(89)48-22-14-31-81(48)60(92)43(20-10-11-28-63)74-57(90)47-21-13-30-80(47)59(91)39(64)19-12-29-70-61(68)69/h4-9,15-18,36,39-48H,10-14,19-35,63-64H2,1-3H3,(H2,65,82)(H2,66,83)(H2,67,84)(H,71,87)(H,72,85)(H,73,89)(H,74,90)(H,75,86)(H,76,88)(H,77,79)(H4,68,69,70)/t39-,40-,41-,42-,43-,44-,45-,46-,47-,48-/m0/s1. The zero-order valence-corrected chi connectivity index (χ0v) is 54.6. The monoisotopic (exact) mass is 1330 g/mol. The number of aromatic nitrogens is 2. The average Bonchev–Trinajstić information content (AvgIpc) is 1.60. The minimum Gasteiger partial charge on any atom is -0.406 e. The van der Waals surface area contributed by atoms with Crippen LogP contribution in [0.1, 0.15) is 133 Å². The molecule has 31 nitrogen and oxygen atoms in total. The predicted molar refractivity (Wildman–Crippen MR) is 351 cm³/mol. The van der Waals surface area contributed by atoms with E-state index in [0.717, 1.165) is 5.56 Å². The molecule has 2 aliphatic rings. The first-order valence-electron chi connectivity index (χ1n) is 31.9. The fraction of sp³-hybridized carbons (Fsp3) is 0.581. The number of hydrogen-bond acceptors (Lipinski definition) is 19. The summed E-state index contributed by atoms with van der Waals surface area (Å²) in [5.41, 5.74) is 41.0. The Hall–Kier alpha value is -8.91. The number of amides is 11. The molecule has 3 heterocycles. The quantitative estimate of drug-likeness (QED) is 0.0170. The van der Waals surface area contributed by atoms with Gasteiger partial charge in [-0.2, -0.15) is 11.8 Å². The molecule has 11 amide bonds. The number of carbonyl (C=O) groups is 11. The first-order valence-corrected chi connectivity index (χ1v) is 33.3. The summed E-state index contributed by atoms with van der Waals surface area (Å²) in [5, 5.41) is 27.9. The molecule has 3 aromatic rings. The largest absolute Gasteiger partial charge is 0.406 e. The van der Waals surface area contributed by atoms with Gasteiger partial charge in [0.1, 0.15) is 54.4 Å². The Morgan fingerprint density at radius 1 is 0.596 bits per heavy atom. The van der Waals surface area contributed by atoms with Crippen LogP contribution in [0.25, 0.3) is 0 Å². The van der Waals surface area contributed by atoms with Crippen molar-refractivity contribution in [2.75, 3.05) is 43.5 Å². The van der Waals surface area contributed by atoms with Gasteiger partial charge in [-0.3, -0.25) is 57.7 Å². The molecule has 0 bridgehead atoms. The Kier molecular flexibility index (Phi) is 31.4. The molecule has 0 aliphatic carbocycles. The second-order valence-corrected chi connectivity index (χ2v) is 24.9. The number of carbonyl (C=O) groups excluding carboxylic acids is 11. The molecule has 32 heteroatoms. The number of unbranched alkanes of at least 4 members (excludes halogenated alkanes) is 1. The zero-order valence-electron chi connectivity index (χ0n) is 53.8. The van der Waals surface area contributed by atoms with E-state index in [1.165, 1.54) is 21.6 Å². The zero-order chi connectivity index (χ0) is 68.9. The number of rotatable bonds is 41. The molecular formula is C62H95N19O12S. The lowest BCUT2D eigenvalue weighted by Crippen LogP contribution is -2.59. The maximum atomic E-state index is 14.8. The molecule has 2 saturated heterocycles. The summed E-state index contributed by atoms with van der Waals surface area (Å²) in [4.78, 5) is 158. The SMILES string of the molecule is CSCC[C@H](NC(=O)[C@H](CC(C)C)Nc1nnc([C@H](Cc2ccccc2)NC(=O)[C@H](Cc2ccccc2)NC(=O)[C@H](CCC(N)=O)NC(=O)[C@H](CCC(N)=O)NC(=O)[C@@H]2CCCN2C(=O)[C@H](CCCCN)NC(=O)[C@@H]2CCCN2C(=O)[C@@H](N)CCCN=C(N)N)o1)C(N)=O. The molecule has 1 aromatic heterocycles. The van der Waals surface area contributed by atoms with Gasteiger partial charge >= 0.3 is 6.01 Å². The van der Waals surface area contributed by atoms with Crippen LogP contribution >= 0.6 is 11.8 Å². The van der Waals surface area contributed by atoms with Gasteiger partial charge in [0.15, 0.2) is 5.96 Å². The van der Waals surface area contributed by atoms with E-state index in [1.54, 1.807) is 48.5 Å². The summed E-state index contributed by atoms with van der Waals surface area (Å²) in [7, 11) is 0. The molecular weight excluding hydrogens is 1230 g/mol. The van der Waals surface area contributed by atoms with Gasteiger partial charge in [0.05, 0.1) is 6.04 Å². The van der Waals surface area contributed by atoms with Crippen LogP contribution in [0.15, 0.2) is 70.1 Å². The summed E-state index contributed by atoms with van der Waals surface area (Å²) >= 11 is 1.49. The summed E-state index contributed by atoms with van der Waals surface area (Å²) in [5.74, 6) is -7.64. The van der Waals surface area contributed by atoms with Crippen molar-refractivity contribution >= 4 is 88.7 Å². The van der Waals surface area contributed by atoms with Crippen LogP contribution in [0.3, 0.4) is 0 Å². The van der Waals surface area contributed by atoms with Crippen LogP contribution in [-0.4, -0.2) is 183 Å². The van der Waals surface area contributed by atoms with E-state index in [0.29, 0.717) is 62.8 Å². The predicted octanol–water partition coefficient (Wildman–Crippen LogP) is -1.78. The van der Waals surface area contributed by atoms with Crippen LogP contribution in [0, 0.1) is 5.92 Å². The fourth-order valence-corrected chi connectivity index (χ4v) is 11.5. The molecule has 2 aromatic carbocycles. The number of primary amides is 3. The van der Waals surface area contributed by atoms with E-state index >= 15 is 0 Å². The van der Waals surface area contributed by atoms with Crippen molar-refractivity contribution in [3.63, 3.8) is 0 Å². The molecule has 0 saturated carbocycles. The normalized spacial score (nSPS) is 17.0. The molecule has 21 N–H and O–H groups in total. The number of nitrogens with one attached hydrogen (secondary N) is 7. The molecule has 0 unspecified atom stereocenters. The van der Waals surface area contributed by atoms with Crippen molar-refractivity contribution in [1.29, 1.82) is 0 Å². The van der Waals surface area contributed by atoms with Crippen molar-refractivity contribution in [3.05, 3.63) is 77.7 Å². The van der Waals surface area contributed by atoms with E-state index < -0.39 is 145 Å². The number of anilines is 1. The first kappa shape index (κ1) is 75.8. The summed E-state index contributed by atoms with van der Waals surface area (Å²) in [6.07, 6.45) is 3.84. The van der Waals surface area contributed by atoms with E-state index in [4.69, 9.17) is 44.6 Å². The van der Waals surface area contributed by atoms with Crippen molar-refractivity contribution in [1.82, 2.24) is 51.9 Å². The molecule has 0 spiro atoms. The number of aliphatic imine (C=N–C) groups is 1. The van der Waals surface area contributed by atoms with E-state index in [9.17, 15) is 52.7 Å². The molecule has 94 heavy (non-hydrogen) atoms. The number of nitrogens with two attached hydrogens (primary N) is 7. The number of benzene rings is 2. The lowest BCUT2D eigenvalue weighted by Gasteiger charge is -2.32. The maximum absolute atomic E-state index is 14.8. The summed E-state index contributed by atoms with van der Waals surface area (Å²) < 4.78 is 6.12. The second-order valence-electron chi connectivity index (χ2n) is 23.9. The van der Waals surface area contributed by atoms with E-state index in [1.807, 2.05) is 32.2 Å². The lowest BCUT2D eigenvalue weighted by atomic mass is 10.0. The van der Waals surface area contributed by atoms with Gasteiger partial charge in [0, 0.05) is 45.3 Å². The molecule has 5 rings (SSSR count). The third-order valence-corrected chi connectivity index (χ3v) is 16.6. The first-order chi connectivity index (χ1) is 44.9. The fourth-order valence-electron chi connectivity index (χ4n) is 11.1. The Morgan fingerprint density at radius 2 is 1.12 bits per heavy atom. The van der Waals surface area contributed by atoms with E-state index in [2.05, 4.69) is 52.4 Å². The highest BCUT2D eigenvalue weighted by molar-refractivity contribution is 7.98. The van der Waals surface area contributed by atoms with Gasteiger partial charge in [-0.15, -0.1) is 5.10 Å². The topological polar surface area (TPSA) is 512 Å². The molecule has 0 radical (unpaired) electrons. The Bertz CT molecular complexity index is 3050. The Labute approximate surface area is 551 Å². The third kappa shape index (κ3) is 24.9. The van der Waals surface area contributed by atoms with Crippen LogP contribution in [-0.2, 0) is 65.6 Å². The number of thioether (sulfide) groups is 1. The number of hydrogen-bond donors (Lipinski definition) is 14. The van der Waals surface area contributed by atoms with Gasteiger partial charge in [0.25, 0.3) is 0 Å². The smallest absolute Gasteiger partial charge is 0.316 e. The molecule has 2 aliphatic heterocycles. The minimum absolute atomic E-state index is 0.0184. The Morgan fingerprint density at radius 3 is 1.66 bits per heavy atom. The number of likely N-dealkylation sites (tertiary alicyclic amines) is 2. The molecule has 10 atom stereocenters. The maximum Gasteiger partial charge on any atom is 0.316 e. The van der Waals surface area contributed by atoms with Crippen molar-refractivity contribution in [2.45, 2.75) is 183 Å². The van der Waals surface area contributed by atoms with Gasteiger partial charge in [0.2, 0.25) is 70.9 Å². The van der Waals surface area contributed by atoms with Gasteiger partial charge in [-0.25, -0.2) is 0 Å². The van der Waals surface area contributed by atoms with Gasteiger partial charge in [-0.05, 0) is 119 Å². The highest BCUT2D eigenvalue weighted by atomic mass is 32.2. The number of nitrogens with zero attached hydrogens (tertiary/aromatic N) is 5. The minimum atomic E-state index is -1.59. The lowest BCUT2D eigenvalue weighted by molar-refractivity contribution is -0.144. The highest BCUT2D eigenvalue weighted by Gasteiger charge is 2.42. The summed E-state index contributed by atoms with van der Waals surface area (Å²) in [6.45, 7) is 4.71. The van der Waals surface area contributed by atoms with Crippen LogP contribution in [0.5, 0.6) is 0 Å². The summed E-state index contributed by atoms with van der Waals surface area (Å²) in [6, 6.07) is 5.80.